The molecule has 0 aliphatic carbocycles. The van der Waals surface area contributed by atoms with Crippen LogP contribution in [0.2, 0.25) is 0 Å². The van der Waals surface area contributed by atoms with Gasteiger partial charge in [-0.25, -0.2) is 0 Å². The van der Waals surface area contributed by atoms with E-state index in [1.54, 1.807) is 0 Å². The van der Waals surface area contributed by atoms with Crippen LogP contribution >= 0.6 is 24.0 Å². The smallest absolute Gasteiger partial charge is 0.194 e. The lowest BCUT2D eigenvalue weighted by Gasteiger charge is -2.37. The minimum Gasteiger partial charge on any atom is -0.388 e. The first-order valence-corrected chi connectivity index (χ1v) is 9.56. The average Bonchev–Trinajstić information content (AvgIpc) is 3.05. The topological polar surface area (TPSA) is 86.4 Å². The van der Waals surface area contributed by atoms with Crippen LogP contribution in [0.5, 0.6) is 0 Å². The molecule has 27 heavy (non-hydrogen) atoms. The van der Waals surface area contributed by atoms with Crippen molar-refractivity contribution in [1.29, 1.82) is 0 Å². The summed E-state index contributed by atoms with van der Waals surface area (Å²) in [5.41, 5.74) is 0.254. The predicted octanol–water partition coefficient (Wildman–Crippen LogP) is 1.23. The molecule has 0 spiro atoms. The normalized spacial score (nSPS) is 21.0. The van der Waals surface area contributed by atoms with Gasteiger partial charge < -0.3 is 24.6 Å². The molecule has 0 unspecified atom stereocenters. The van der Waals surface area contributed by atoms with Gasteiger partial charge in [-0.15, -0.1) is 24.0 Å². The molecule has 0 amide bonds. The Morgan fingerprint density at radius 2 is 2.00 bits per heavy atom. The Labute approximate surface area is 178 Å². The van der Waals surface area contributed by atoms with Gasteiger partial charge in [0.15, 0.2) is 5.96 Å². The molecule has 0 radical (unpaired) electrons. The summed E-state index contributed by atoms with van der Waals surface area (Å²) in [5, 5.41) is 18.1. The zero-order chi connectivity index (χ0) is 18.4. The molecule has 1 aromatic heterocycles. The van der Waals surface area contributed by atoms with Gasteiger partial charge in [0.1, 0.15) is 5.76 Å². The lowest BCUT2D eigenvalue weighted by molar-refractivity contribution is -0.0567. The van der Waals surface area contributed by atoms with E-state index in [1.807, 2.05) is 13.0 Å². The van der Waals surface area contributed by atoms with Crippen LogP contribution in [-0.2, 0) is 11.3 Å². The molecule has 3 rings (SSSR count). The fourth-order valence-electron chi connectivity index (χ4n) is 3.40. The molecule has 0 bridgehead atoms. The third kappa shape index (κ3) is 6.58. The van der Waals surface area contributed by atoms with Gasteiger partial charge in [0.2, 0.25) is 0 Å². The number of nitrogens with zero attached hydrogens (tertiary/aromatic N) is 4. The van der Waals surface area contributed by atoms with Crippen LogP contribution in [0.25, 0.3) is 0 Å². The Morgan fingerprint density at radius 1 is 1.30 bits per heavy atom. The SMILES string of the molecule is CCNC(=NCC1(O)CCOCC1)N1CCN(Cc2cc(C)on2)CC1.I. The van der Waals surface area contributed by atoms with Crippen molar-refractivity contribution in [2.45, 2.75) is 38.8 Å². The molecule has 154 valence electrons. The maximum atomic E-state index is 10.6. The van der Waals surface area contributed by atoms with Gasteiger partial charge in [0.25, 0.3) is 0 Å². The largest absolute Gasteiger partial charge is 0.388 e. The van der Waals surface area contributed by atoms with E-state index in [0.29, 0.717) is 32.6 Å². The lowest BCUT2D eigenvalue weighted by atomic mass is 9.95. The number of guanidine groups is 1. The highest BCUT2D eigenvalue weighted by molar-refractivity contribution is 14.0. The van der Waals surface area contributed by atoms with Gasteiger partial charge in [0, 0.05) is 71.4 Å². The van der Waals surface area contributed by atoms with Gasteiger partial charge >= 0.3 is 0 Å². The van der Waals surface area contributed by atoms with Crippen LogP contribution in [0.4, 0.5) is 0 Å². The molecule has 0 atom stereocenters. The summed E-state index contributed by atoms with van der Waals surface area (Å²) < 4.78 is 10.5. The van der Waals surface area contributed by atoms with Gasteiger partial charge in [-0.05, 0) is 13.8 Å². The monoisotopic (exact) mass is 493 g/mol. The summed E-state index contributed by atoms with van der Waals surface area (Å²) in [5.74, 6) is 1.75. The van der Waals surface area contributed by atoms with Crippen LogP contribution in [0.15, 0.2) is 15.6 Å². The third-order valence-corrected chi connectivity index (χ3v) is 5.02. The van der Waals surface area contributed by atoms with Crippen molar-refractivity contribution >= 4 is 29.9 Å². The van der Waals surface area contributed by atoms with Crippen molar-refractivity contribution in [3.63, 3.8) is 0 Å². The second kappa shape index (κ2) is 10.6. The second-order valence-corrected chi connectivity index (χ2v) is 7.20. The number of nitrogens with one attached hydrogen (secondary N) is 1. The fraction of sp³-hybridized carbons (Fsp3) is 0.778. The van der Waals surface area contributed by atoms with Gasteiger partial charge in [-0.1, -0.05) is 5.16 Å². The summed E-state index contributed by atoms with van der Waals surface area (Å²) in [6.07, 6.45) is 1.31. The Balaban J connectivity index is 0.00000261. The van der Waals surface area contributed by atoms with Crippen LogP contribution in [0.3, 0.4) is 0 Å². The van der Waals surface area contributed by atoms with Crippen molar-refractivity contribution in [3.05, 3.63) is 17.5 Å². The van der Waals surface area contributed by atoms with E-state index in [0.717, 1.165) is 56.7 Å². The number of aromatic nitrogens is 1. The first kappa shape index (κ1) is 22.4. The molecular formula is C18H32IN5O3. The van der Waals surface area contributed by atoms with E-state index in [9.17, 15) is 5.11 Å². The Hall–Kier alpha value is -0.910. The molecule has 8 nitrogen and oxygen atoms in total. The van der Waals surface area contributed by atoms with Gasteiger partial charge in [-0.2, -0.15) is 0 Å². The first-order valence-electron chi connectivity index (χ1n) is 9.56. The van der Waals surface area contributed by atoms with E-state index < -0.39 is 5.60 Å². The Bertz CT molecular complexity index is 596. The zero-order valence-electron chi connectivity index (χ0n) is 16.3. The summed E-state index contributed by atoms with van der Waals surface area (Å²) in [6, 6.07) is 1.99. The number of aryl methyl sites for hydroxylation is 1. The van der Waals surface area contributed by atoms with Crippen LogP contribution in [0.1, 0.15) is 31.2 Å². The molecule has 2 fully saturated rings. The quantitative estimate of drug-likeness (QED) is 0.363. The number of ether oxygens (including phenoxy) is 1. The molecule has 2 aliphatic rings. The van der Waals surface area contributed by atoms with E-state index in [2.05, 4.69) is 27.2 Å². The van der Waals surface area contributed by atoms with Crippen molar-refractivity contribution in [3.8, 4) is 0 Å². The fourth-order valence-corrected chi connectivity index (χ4v) is 3.40. The van der Waals surface area contributed by atoms with Gasteiger partial charge in [-0.3, -0.25) is 9.89 Å². The van der Waals surface area contributed by atoms with Gasteiger partial charge in [0.05, 0.1) is 17.8 Å². The highest BCUT2D eigenvalue weighted by Crippen LogP contribution is 2.20. The van der Waals surface area contributed by atoms with E-state index >= 15 is 0 Å². The summed E-state index contributed by atoms with van der Waals surface area (Å²) in [4.78, 5) is 9.38. The van der Waals surface area contributed by atoms with E-state index in [1.165, 1.54) is 0 Å². The Kier molecular flexibility index (Phi) is 8.77. The number of rotatable bonds is 5. The standard InChI is InChI=1S/C18H31N5O3.HI/c1-3-19-17(20-14-18(24)4-10-25-11-5-18)23-8-6-22(7-9-23)13-16-12-15(2)26-21-16;/h12,24H,3-11,13-14H2,1-2H3,(H,19,20);1H. The zero-order valence-corrected chi connectivity index (χ0v) is 18.6. The first-order chi connectivity index (χ1) is 12.6. The minimum absolute atomic E-state index is 0. The predicted molar refractivity (Wildman–Crippen MR) is 114 cm³/mol. The highest BCUT2D eigenvalue weighted by atomic mass is 127. The number of piperazine rings is 1. The summed E-state index contributed by atoms with van der Waals surface area (Å²) in [6.45, 7) is 11.0. The molecule has 1 aromatic rings. The molecule has 2 N–H and O–H groups in total. The van der Waals surface area contributed by atoms with Crippen molar-refractivity contribution in [2.24, 2.45) is 4.99 Å². The number of hydrogen-bond donors (Lipinski definition) is 2. The second-order valence-electron chi connectivity index (χ2n) is 7.20. The molecule has 0 aromatic carbocycles. The molecule has 9 heteroatoms. The molecule has 0 saturated carbocycles. The number of aliphatic hydroxyl groups is 1. The molecule has 2 saturated heterocycles. The molecular weight excluding hydrogens is 461 g/mol. The van der Waals surface area contributed by atoms with Crippen LogP contribution in [-0.4, -0.2) is 84.1 Å². The summed E-state index contributed by atoms with van der Waals surface area (Å²) in [7, 11) is 0. The highest BCUT2D eigenvalue weighted by Gasteiger charge is 2.30. The number of halogens is 1. The van der Waals surface area contributed by atoms with Crippen molar-refractivity contribution < 1.29 is 14.4 Å². The third-order valence-electron chi connectivity index (χ3n) is 5.02. The lowest BCUT2D eigenvalue weighted by Crippen LogP contribution is -2.52. The number of aliphatic imine (C=N–C) groups is 1. The summed E-state index contributed by atoms with van der Waals surface area (Å²) >= 11 is 0. The van der Waals surface area contributed by atoms with Crippen molar-refractivity contribution in [1.82, 2.24) is 20.3 Å². The number of hydrogen-bond acceptors (Lipinski definition) is 6. The maximum absolute atomic E-state index is 10.6. The van der Waals surface area contributed by atoms with Crippen LogP contribution in [0, 0.1) is 6.92 Å². The van der Waals surface area contributed by atoms with E-state index in [-0.39, 0.29) is 24.0 Å². The molecule has 2 aliphatic heterocycles. The molecule has 3 heterocycles. The maximum Gasteiger partial charge on any atom is 0.194 e. The van der Waals surface area contributed by atoms with E-state index in [4.69, 9.17) is 14.3 Å². The van der Waals surface area contributed by atoms with Crippen molar-refractivity contribution in [2.75, 3.05) is 52.5 Å². The van der Waals surface area contributed by atoms with Crippen LogP contribution < -0.4 is 5.32 Å². The average molecular weight is 493 g/mol. The minimum atomic E-state index is -0.731. The Morgan fingerprint density at radius 3 is 2.59 bits per heavy atom.